The predicted octanol–water partition coefficient (Wildman–Crippen LogP) is 3.53. The van der Waals surface area contributed by atoms with Crippen LogP contribution < -0.4 is 15.8 Å². The second kappa shape index (κ2) is 13.2. The molecule has 0 saturated heterocycles. The fraction of sp³-hybridized carbons (Fsp3) is 0.348. The number of ether oxygens (including phenoxy) is 4. The first kappa shape index (κ1) is 25.1. The Bertz CT molecular complexity index is 1070. The zero-order valence-electron chi connectivity index (χ0n) is 18.4. The summed E-state index contributed by atoms with van der Waals surface area (Å²) in [4.78, 5) is 20.4. The number of amides is 1. The number of hydrogen-bond acceptors (Lipinski definition) is 8. The number of nitrogens with one attached hydrogen (secondary N) is 1. The van der Waals surface area contributed by atoms with Crippen LogP contribution in [0.5, 0.6) is 5.75 Å². The number of nitrogens with zero attached hydrogens (tertiary/aromatic N) is 2. The summed E-state index contributed by atoms with van der Waals surface area (Å²) in [5, 5.41) is 3.99. The van der Waals surface area contributed by atoms with Crippen molar-refractivity contribution < 1.29 is 23.7 Å². The van der Waals surface area contributed by atoms with Gasteiger partial charge in [-0.25, -0.2) is 9.97 Å². The first-order valence-corrected chi connectivity index (χ1v) is 11.6. The standard InChI is InChI=1S/C23H27IN4O5/c1-2-30-8-9-31-10-11-32-12-13-33-18-6-7-19-20(15-18)27-23(21(25)29)28-22(19)26-17-5-3-4-16(24)14-17/h3-7,14-15H,2,8-13H2,1H3,(H2,25,29)(H,26,27,28). The van der Waals surface area contributed by atoms with E-state index in [-0.39, 0.29) is 5.82 Å². The number of benzene rings is 2. The quantitative estimate of drug-likeness (QED) is 0.225. The molecule has 0 aliphatic heterocycles. The van der Waals surface area contributed by atoms with E-state index in [1.807, 2.05) is 43.3 Å². The molecule has 0 unspecified atom stereocenters. The molecule has 3 N–H and O–H groups in total. The SMILES string of the molecule is CCOCCOCCOCCOc1ccc2c(Nc3cccc(I)c3)nc(C(N)=O)nc2c1. The third-order valence-electron chi connectivity index (χ3n) is 4.42. The summed E-state index contributed by atoms with van der Waals surface area (Å²) in [5.41, 5.74) is 6.84. The number of fused-ring (bicyclic) bond motifs is 1. The van der Waals surface area contributed by atoms with Crippen molar-refractivity contribution in [2.24, 2.45) is 5.73 Å². The highest BCUT2D eigenvalue weighted by atomic mass is 127. The highest BCUT2D eigenvalue weighted by Crippen LogP contribution is 2.27. The lowest BCUT2D eigenvalue weighted by molar-refractivity contribution is 0.0114. The van der Waals surface area contributed by atoms with Gasteiger partial charge in [-0.1, -0.05) is 6.07 Å². The molecule has 0 saturated carbocycles. The van der Waals surface area contributed by atoms with Gasteiger partial charge < -0.3 is 30.0 Å². The van der Waals surface area contributed by atoms with Gasteiger partial charge in [0.15, 0.2) is 0 Å². The Morgan fingerprint density at radius 2 is 1.70 bits per heavy atom. The van der Waals surface area contributed by atoms with Crippen LogP contribution in [0.1, 0.15) is 17.5 Å². The van der Waals surface area contributed by atoms with Gasteiger partial charge in [-0.3, -0.25) is 4.79 Å². The predicted molar refractivity (Wildman–Crippen MR) is 134 cm³/mol. The van der Waals surface area contributed by atoms with E-state index in [4.69, 9.17) is 24.7 Å². The monoisotopic (exact) mass is 566 g/mol. The minimum absolute atomic E-state index is 0.0690. The number of nitrogens with two attached hydrogens (primary N) is 1. The molecule has 0 bridgehead atoms. The summed E-state index contributed by atoms with van der Waals surface area (Å²) in [6, 6.07) is 13.2. The number of hydrogen-bond donors (Lipinski definition) is 2. The second-order valence-corrected chi connectivity index (χ2v) is 8.09. The van der Waals surface area contributed by atoms with Gasteiger partial charge in [-0.05, 0) is 59.8 Å². The average molecular weight is 566 g/mol. The summed E-state index contributed by atoms with van der Waals surface area (Å²) >= 11 is 2.23. The molecule has 10 heteroatoms. The molecule has 3 aromatic rings. The van der Waals surface area contributed by atoms with Gasteiger partial charge >= 0.3 is 0 Å². The third-order valence-corrected chi connectivity index (χ3v) is 5.09. The topological polar surface area (TPSA) is 118 Å². The van der Waals surface area contributed by atoms with Gasteiger partial charge in [0.25, 0.3) is 5.91 Å². The maximum Gasteiger partial charge on any atom is 0.286 e. The average Bonchev–Trinajstić information content (AvgIpc) is 2.80. The van der Waals surface area contributed by atoms with Crippen molar-refractivity contribution in [1.29, 1.82) is 0 Å². The Morgan fingerprint density at radius 1 is 0.970 bits per heavy atom. The molecule has 0 radical (unpaired) electrons. The van der Waals surface area contributed by atoms with Gasteiger partial charge in [-0.2, -0.15) is 0 Å². The van der Waals surface area contributed by atoms with Crippen molar-refractivity contribution >= 4 is 50.9 Å². The number of primary amides is 1. The Hall–Kier alpha value is -2.54. The molecule has 1 aromatic heterocycles. The van der Waals surface area contributed by atoms with Crippen LogP contribution in [0.2, 0.25) is 0 Å². The van der Waals surface area contributed by atoms with Crippen LogP contribution in [-0.4, -0.2) is 62.1 Å². The molecular formula is C23H27IN4O5. The molecule has 2 aromatic carbocycles. The molecule has 0 spiro atoms. The van der Waals surface area contributed by atoms with Gasteiger partial charge in [0.1, 0.15) is 18.2 Å². The number of aromatic nitrogens is 2. The zero-order chi connectivity index (χ0) is 23.5. The maximum atomic E-state index is 11.8. The summed E-state index contributed by atoms with van der Waals surface area (Å²) in [6.45, 7) is 5.55. The summed E-state index contributed by atoms with van der Waals surface area (Å²) in [5.74, 6) is 0.328. The van der Waals surface area contributed by atoms with Gasteiger partial charge in [0.2, 0.25) is 5.82 Å². The van der Waals surface area contributed by atoms with E-state index in [0.29, 0.717) is 63.3 Å². The Balaban J connectivity index is 1.59. The smallest absolute Gasteiger partial charge is 0.286 e. The van der Waals surface area contributed by atoms with Crippen LogP contribution in [0.4, 0.5) is 11.5 Å². The van der Waals surface area contributed by atoms with Crippen molar-refractivity contribution in [3.63, 3.8) is 0 Å². The van der Waals surface area contributed by atoms with Crippen molar-refractivity contribution in [2.45, 2.75) is 6.92 Å². The first-order valence-electron chi connectivity index (χ1n) is 10.6. The van der Waals surface area contributed by atoms with Gasteiger partial charge in [0.05, 0.1) is 38.6 Å². The summed E-state index contributed by atoms with van der Waals surface area (Å²) in [6.07, 6.45) is 0. The Labute approximate surface area is 206 Å². The molecular weight excluding hydrogens is 539 g/mol. The van der Waals surface area contributed by atoms with Crippen LogP contribution in [0.25, 0.3) is 10.9 Å². The molecule has 1 amide bonds. The fourth-order valence-corrected chi connectivity index (χ4v) is 3.45. The van der Waals surface area contributed by atoms with Crippen molar-refractivity contribution in [3.8, 4) is 5.75 Å². The molecule has 0 aliphatic rings. The van der Waals surface area contributed by atoms with Gasteiger partial charge in [-0.15, -0.1) is 0 Å². The van der Waals surface area contributed by atoms with Crippen LogP contribution in [0, 0.1) is 3.57 Å². The van der Waals surface area contributed by atoms with E-state index in [1.54, 1.807) is 6.07 Å². The van der Waals surface area contributed by atoms with Crippen LogP contribution in [-0.2, 0) is 14.2 Å². The number of carbonyl (C=O) groups excluding carboxylic acids is 1. The Kier molecular flexibility index (Phi) is 10.1. The lowest BCUT2D eigenvalue weighted by Gasteiger charge is -2.12. The molecule has 0 atom stereocenters. The van der Waals surface area contributed by atoms with Crippen LogP contribution >= 0.6 is 22.6 Å². The van der Waals surface area contributed by atoms with E-state index >= 15 is 0 Å². The molecule has 0 fully saturated rings. The van der Waals surface area contributed by atoms with Crippen LogP contribution in [0.15, 0.2) is 42.5 Å². The van der Waals surface area contributed by atoms with E-state index in [2.05, 4.69) is 37.9 Å². The van der Waals surface area contributed by atoms with Crippen molar-refractivity contribution in [3.05, 3.63) is 51.9 Å². The maximum absolute atomic E-state index is 11.8. The lowest BCUT2D eigenvalue weighted by atomic mass is 10.2. The fourth-order valence-electron chi connectivity index (χ4n) is 2.91. The zero-order valence-corrected chi connectivity index (χ0v) is 20.5. The van der Waals surface area contributed by atoms with E-state index in [0.717, 1.165) is 14.6 Å². The number of carbonyl (C=O) groups is 1. The van der Waals surface area contributed by atoms with Crippen LogP contribution in [0.3, 0.4) is 0 Å². The molecule has 3 rings (SSSR count). The summed E-state index contributed by atoms with van der Waals surface area (Å²) in [7, 11) is 0. The number of halogens is 1. The third kappa shape index (κ3) is 8.07. The number of anilines is 2. The van der Waals surface area contributed by atoms with E-state index < -0.39 is 5.91 Å². The first-order chi connectivity index (χ1) is 16.1. The van der Waals surface area contributed by atoms with E-state index in [9.17, 15) is 4.79 Å². The van der Waals surface area contributed by atoms with Gasteiger partial charge in [0, 0.05) is 27.3 Å². The molecule has 33 heavy (non-hydrogen) atoms. The number of rotatable bonds is 14. The highest BCUT2D eigenvalue weighted by Gasteiger charge is 2.13. The Morgan fingerprint density at radius 3 is 2.39 bits per heavy atom. The van der Waals surface area contributed by atoms with Crippen molar-refractivity contribution in [1.82, 2.24) is 9.97 Å². The highest BCUT2D eigenvalue weighted by molar-refractivity contribution is 14.1. The lowest BCUT2D eigenvalue weighted by Crippen LogP contribution is -2.16. The second-order valence-electron chi connectivity index (χ2n) is 6.84. The molecule has 176 valence electrons. The van der Waals surface area contributed by atoms with Crippen molar-refractivity contribution in [2.75, 3.05) is 51.6 Å². The minimum Gasteiger partial charge on any atom is -0.491 e. The largest absolute Gasteiger partial charge is 0.491 e. The molecule has 1 heterocycles. The normalized spacial score (nSPS) is 11.0. The van der Waals surface area contributed by atoms with E-state index in [1.165, 1.54) is 0 Å². The molecule has 0 aliphatic carbocycles. The summed E-state index contributed by atoms with van der Waals surface area (Å²) < 4.78 is 22.9. The minimum atomic E-state index is -0.703. The molecule has 9 nitrogen and oxygen atoms in total.